The van der Waals surface area contributed by atoms with E-state index in [1.165, 1.54) is 12.1 Å². The SMILES string of the molecule is O=C(CSc1nnc(COc2ccccc2F)o1)Nc1ccccc1. The molecule has 25 heavy (non-hydrogen) atoms. The van der Waals surface area contributed by atoms with Crippen LogP contribution in [0.1, 0.15) is 5.89 Å². The number of hydrogen-bond acceptors (Lipinski definition) is 6. The van der Waals surface area contributed by atoms with Crippen LogP contribution in [0.5, 0.6) is 5.75 Å². The highest BCUT2D eigenvalue weighted by Crippen LogP contribution is 2.19. The fourth-order valence-electron chi connectivity index (χ4n) is 1.90. The van der Waals surface area contributed by atoms with Gasteiger partial charge in [-0.25, -0.2) is 4.39 Å². The summed E-state index contributed by atoms with van der Waals surface area (Å²) in [5.74, 6) is -0.204. The van der Waals surface area contributed by atoms with Gasteiger partial charge in [-0.15, -0.1) is 10.2 Å². The Morgan fingerprint density at radius 1 is 1.12 bits per heavy atom. The first-order valence-corrected chi connectivity index (χ1v) is 8.36. The van der Waals surface area contributed by atoms with E-state index in [9.17, 15) is 9.18 Å². The van der Waals surface area contributed by atoms with E-state index in [4.69, 9.17) is 9.15 Å². The van der Waals surface area contributed by atoms with Crippen molar-refractivity contribution < 1.29 is 18.3 Å². The van der Waals surface area contributed by atoms with E-state index < -0.39 is 5.82 Å². The molecule has 0 unspecified atom stereocenters. The predicted octanol–water partition coefficient (Wildman–Crippen LogP) is 3.52. The van der Waals surface area contributed by atoms with Gasteiger partial charge in [0.05, 0.1) is 5.75 Å². The number of nitrogens with zero attached hydrogens (tertiary/aromatic N) is 2. The minimum absolute atomic E-state index is 0.0509. The predicted molar refractivity (Wildman–Crippen MR) is 90.8 cm³/mol. The maximum atomic E-state index is 13.4. The summed E-state index contributed by atoms with van der Waals surface area (Å²) >= 11 is 1.11. The maximum absolute atomic E-state index is 13.4. The summed E-state index contributed by atoms with van der Waals surface area (Å²) in [5.41, 5.74) is 0.720. The number of anilines is 1. The van der Waals surface area contributed by atoms with Crippen LogP contribution in [-0.4, -0.2) is 21.9 Å². The Labute approximate surface area is 147 Å². The van der Waals surface area contributed by atoms with Crippen molar-refractivity contribution in [3.8, 4) is 5.75 Å². The van der Waals surface area contributed by atoms with Crippen LogP contribution in [0, 0.1) is 5.82 Å². The lowest BCUT2D eigenvalue weighted by Gasteiger charge is -2.03. The summed E-state index contributed by atoms with van der Waals surface area (Å²) < 4.78 is 24.1. The first-order chi connectivity index (χ1) is 12.2. The Morgan fingerprint density at radius 3 is 2.68 bits per heavy atom. The molecule has 0 saturated carbocycles. The number of carbonyl (C=O) groups is 1. The molecule has 8 heteroatoms. The summed E-state index contributed by atoms with van der Waals surface area (Å²) in [6, 6.07) is 15.2. The summed E-state index contributed by atoms with van der Waals surface area (Å²) in [6.07, 6.45) is 0. The van der Waals surface area contributed by atoms with Gasteiger partial charge in [0.25, 0.3) is 11.1 Å². The quantitative estimate of drug-likeness (QED) is 0.651. The lowest BCUT2D eigenvalue weighted by molar-refractivity contribution is -0.113. The number of halogens is 1. The molecule has 1 amide bonds. The van der Waals surface area contributed by atoms with Crippen molar-refractivity contribution in [1.29, 1.82) is 0 Å². The number of rotatable bonds is 7. The van der Waals surface area contributed by atoms with Crippen molar-refractivity contribution in [2.45, 2.75) is 11.8 Å². The molecule has 128 valence electrons. The van der Waals surface area contributed by atoms with Crippen molar-refractivity contribution in [2.75, 3.05) is 11.1 Å². The van der Waals surface area contributed by atoms with Gasteiger partial charge in [0.15, 0.2) is 18.2 Å². The monoisotopic (exact) mass is 359 g/mol. The lowest BCUT2D eigenvalue weighted by Crippen LogP contribution is -2.13. The second-order valence-corrected chi connectivity index (χ2v) is 5.81. The zero-order chi connectivity index (χ0) is 17.5. The Balaban J connectivity index is 1.47. The Hall–Kier alpha value is -2.87. The third-order valence-corrected chi connectivity index (χ3v) is 3.84. The van der Waals surface area contributed by atoms with E-state index in [-0.39, 0.29) is 35.1 Å². The molecule has 3 aromatic rings. The third kappa shape index (κ3) is 5.05. The van der Waals surface area contributed by atoms with Gasteiger partial charge < -0.3 is 14.5 Å². The van der Waals surface area contributed by atoms with Crippen LogP contribution in [0.2, 0.25) is 0 Å². The highest BCUT2D eigenvalue weighted by atomic mass is 32.2. The number of para-hydroxylation sites is 2. The van der Waals surface area contributed by atoms with E-state index in [1.54, 1.807) is 24.3 Å². The zero-order valence-corrected chi connectivity index (χ0v) is 13.8. The van der Waals surface area contributed by atoms with Crippen molar-refractivity contribution in [1.82, 2.24) is 10.2 Å². The van der Waals surface area contributed by atoms with Crippen LogP contribution in [0.4, 0.5) is 10.1 Å². The average molecular weight is 359 g/mol. The summed E-state index contributed by atoms with van der Waals surface area (Å²) in [7, 11) is 0. The number of thioether (sulfide) groups is 1. The molecule has 0 aliphatic rings. The van der Waals surface area contributed by atoms with Crippen molar-refractivity contribution in [3.05, 3.63) is 66.3 Å². The molecular weight excluding hydrogens is 345 g/mol. The van der Waals surface area contributed by atoms with Gasteiger partial charge in [-0.2, -0.15) is 0 Å². The molecule has 1 aromatic heterocycles. The molecule has 0 bridgehead atoms. The number of nitrogens with one attached hydrogen (secondary N) is 1. The van der Waals surface area contributed by atoms with Crippen LogP contribution in [0.15, 0.2) is 64.2 Å². The van der Waals surface area contributed by atoms with Gasteiger partial charge in [0.1, 0.15) is 0 Å². The molecular formula is C17H14FN3O3S. The number of carbonyl (C=O) groups excluding carboxylic acids is 1. The van der Waals surface area contributed by atoms with Crippen molar-refractivity contribution >= 4 is 23.4 Å². The van der Waals surface area contributed by atoms with E-state index in [0.717, 1.165) is 17.4 Å². The van der Waals surface area contributed by atoms with Crippen LogP contribution < -0.4 is 10.1 Å². The van der Waals surface area contributed by atoms with Crippen LogP contribution in [0.25, 0.3) is 0 Å². The Morgan fingerprint density at radius 2 is 1.88 bits per heavy atom. The van der Waals surface area contributed by atoms with Gasteiger partial charge in [0.2, 0.25) is 5.91 Å². The molecule has 0 spiro atoms. The van der Waals surface area contributed by atoms with E-state index in [0.29, 0.717) is 0 Å². The molecule has 2 aromatic carbocycles. The molecule has 0 aliphatic heterocycles. The summed E-state index contributed by atoms with van der Waals surface area (Å²) in [5, 5.41) is 10.6. The topological polar surface area (TPSA) is 77.2 Å². The average Bonchev–Trinajstić information content (AvgIpc) is 3.08. The molecule has 3 rings (SSSR count). The van der Waals surface area contributed by atoms with Crippen LogP contribution in [-0.2, 0) is 11.4 Å². The molecule has 0 radical (unpaired) electrons. The largest absolute Gasteiger partial charge is 0.481 e. The summed E-state index contributed by atoms with van der Waals surface area (Å²) in [4.78, 5) is 11.9. The number of hydrogen-bond donors (Lipinski definition) is 1. The zero-order valence-electron chi connectivity index (χ0n) is 13.0. The Bertz CT molecular complexity index is 842. The smallest absolute Gasteiger partial charge is 0.277 e. The van der Waals surface area contributed by atoms with Crippen LogP contribution >= 0.6 is 11.8 Å². The third-order valence-electron chi connectivity index (χ3n) is 3.02. The van der Waals surface area contributed by atoms with Crippen LogP contribution in [0.3, 0.4) is 0 Å². The number of amides is 1. The minimum atomic E-state index is -0.464. The van der Waals surface area contributed by atoms with Crippen molar-refractivity contribution in [2.24, 2.45) is 0 Å². The molecule has 6 nitrogen and oxygen atoms in total. The van der Waals surface area contributed by atoms with E-state index in [1.807, 2.05) is 18.2 Å². The van der Waals surface area contributed by atoms with E-state index >= 15 is 0 Å². The number of ether oxygens (including phenoxy) is 1. The highest BCUT2D eigenvalue weighted by Gasteiger charge is 2.11. The number of benzene rings is 2. The normalized spacial score (nSPS) is 10.4. The Kier molecular flexibility index (Phi) is 5.63. The highest BCUT2D eigenvalue weighted by molar-refractivity contribution is 7.99. The molecule has 0 aliphatic carbocycles. The van der Waals surface area contributed by atoms with Crippen molar-refractivity contribution in [3.63, 3.8) is 0 Å². The van der Waals surface area contributed by atoms with Gasteiger partial charge in [-0.05, 0) is 24.3 Å². The molecule has 0 atom stereocenters. The first kappa shape index (κ1) is 17.0. The number of aromatic nitrogens is 2. The lowest BCUT2D eigenvalue weighted by atomic mass is 10.3. The maximum Gasteiger partial charge on any atom is 0.277 e. The minimum Gasteiger partial charge on any atom is -0.481 e. The standard InChI is InChI=1S/C17H14FN3O3S/c18-13-8-4-5-9-14(13)23-10-16-20-21-17(24-16)25-11-15(22)19-12-6-2-1-3-7-12/h1-9H,10-11H2,(H,19,22). The van der Waals surface area contributed by atoms with Gasteiger partial charge in [-0.1, -0.05) is 42.1 Å². The second kappa shape index (κ2) is 8.29. The molecule has 1 heterocycles. The van der Waals surface area contributed by atoms with Gasteiger partial charge in [-0.3, -0.25) is 4.79 Å². The molecule has 0 saturated heterocycles. The van der Waals surface area contributed by atoms with E-state index in [2.05, 4.69) is 15.5 Å². The van der Waals surface area contributed by atoms with Gasteiger partial charge in [0, 0.05) is 5.69 Å². The molecule has 0 fully saturated rings. The molecule has 1 N–H and O–H groups in total. The second-order valence-electron chi connectivity index (χ2n) is 4.88. The fourth-order valence-corrected chi connectivity index (χ4v) is 2.48. The fraction of sp³-hybridized carbons (Fsp3) is 0.118. The summed E-state index contributed by atoms with van der Waals surface area (Å²) in [6.45, 7) is -0.0509. The van der Waals surface area contributed by atoms with Gasteiger partial charge >= 0.3 is 0 Å². The first-order valence-electron chi connectivity index (χ1n) is 7.38.